The summed E-state index contributed by atoms with van der Waals surface area (Å²) in [6, 6.07) is 3.35. The van der Waals surface area contributed by atoms with Crippen molar-refractivity contribution in [3.63, 3.8) is 0 Å². The number of nitrogens with zero attached hydrogens (tertiary/aromatic N) is 3. The number of nitrogens with one attached hydrogen (secondary N) is 2. The van der Waals surface area contributed by atoms with Gasteiger partial charge < -0.3 is 21.1 Å². The Hall–Kier alpha value is -2.66. The van der Waals surface area contributed by atoms with E-state index in [1.54, 1.807) is 19.1 Å². The number of carbonyl (C=O) groups excluding carboxylic acids is 2. The first-order chi connectivity index (χ1) is 12.5. The number of hydrogen-bond acceptors (Lipinski definition) is 9. The number of ether oxygens (including phenoxy) is 1. The summed E-state index contributed by atoms with van der Waals surface area (Å²) in [6.45, 7) is 2.07. The fraction of sp³-hybridized carbons (Fsp3) is 0.267. The highest BCUT2D eigenvalue weighted by Gasteiger charge is 2.27. The van der Waals surface area contributed by atoms with Crippen molar-refractivity contribution in [2.24, 2.45) is 10.7 Å². The Bertz CT molecular complexity index is 865. The van der Waals surface area contributed by atoms with Crippen molar-refractivity contribution in [3.05, 3.63) is 29.6 Å². The van der Waals surface area contributed by atoms with E-state index in [1.807, 2.05) is 0 Å². The molecule has 1 aliphatic rings. The number of aryl methyl sites for hydroxylation is 1. The average molecular weight is 392 g/mol. The summed E-state index contributed by atoms with van der Waals surface area (Å²) < 4.78 is 9.22. The van der Waals surface area contributed by atoms with Crippen LogP contribution < -0.4 is 21.1 Å². The highest BCUT2D eigenvalue weighted by atomic mass is 32.2. The Morgan fingerprint density at radius 2 is 2.19 bits per heavy atom. The molecule has 0 fully saturated rings. The molecule has 1 aliphatic heterocycles. The number of aromatic nitrogens is 2. The minimum Gasteiger partial charge on any atom is -0.481 e. The molecule has 2 amide bonds. The van der Waals surface area contributed by atoms with Gasteiger partial charge in [-0.05, 0) is 24.5 Å². The largest absolute Gasteiger partial charge is 0.481 e. The van der Waals surface area contributed by atoms with Crippen molar-refractivity contribution in [2.75, 3.05) is 24.3 Å². The molecule has 0 spiro atoms. The Balaban J connectivity index is 1.72. The van der Waals surface area contributed by atoms with Gasteiger partial charge in [-0.15, -0.1) is 0 Å². The smallest absolute Gasteiger partial charge is 0.260 e. The van der Waals surface area contributed by atoms with Crippen LogP contribution in [0.15, 0.2) is 23.3 Å². The van der Waals surface area contributed by atoms with Crippen LogP contribution in [0.2, 0.25) is 0 Å². The predicted octanol–water partition coefficient (Wildman–Crippen LogP) is 1.48. The number of aliphatic imine (C=N–C) groups is 1. The summed E-state index contributed by atoms with van der Waals surface area (Å²) in [5, 5.41) is 6.54. The van der Waals surface area contributed by atoms with E-state index in [0.717, 1.165) is 11.5 Å². The number of rotatable bonds is 5. The molecule has 1 atom stereocenters. The van der Waals surface area contributed by atoms with Gasteiger partial charge in [-0.25, -0.2) is 4.98 Å². The lowest BCUT2D eigenvalue weighted by Gasteiger charge is -2.09. The number of amidine groups is 1. The van der Waals surface area contributed by atoms with Crippen LogP contribution >= 0.6 is 23.3 Å². The minimum absolute atomic E-state index is 0.319. The normalized spacial score (nSPS) is 16.1. The Morgan fingerprint density at radius 1 is 1.38 bits per heavy atom. The van der Waals surface area contributed by atoms with Gasteiger partial charge in [0.1, 0.15) is 10.3 Å². The van der Waals surface area contributed by atoms with Gasteiger partial charge in [0.15, 0.2) is 5.17 Å². The maximum atomic E-state index is 12.7. The highest BCUT2D eigenvalue weighted by molar-refractivity contribution is 8.15. The molecule has 4 N–H and O–H groups in total. The van der Waals surface area contributed by atoms with E-state index in [4.69, 9.17) is 10.5 Å². The zero-order valence-corrected chi connectivity index (χ0v) is 15.6. The van der Waals surface area contributed by atoms with Gasteiger partial charge >= 0.3 is 0 Å². The zero-order chi connectivity index (χ0) is 18.7. The van der Waals surface area contributed by atoms with Crippen LogP contribution in [0.4, 0.5) is 10.7 Å². The number of pyridine rings is 1. The SMILES string of the molecule is COc1ccc(NC(=O)c2c(C)nsc2NC2=NCC(C(N)=O)S2)cn1. The van der Waals surface area contributed by atoms with Gasteiger partial charge in [0, 0.05) is 6.07 Å². The van der Waals surface area contributed by atoms with Crippen molar-refractivity contribution < 1.29 is 14.3 Å². The third kappa shape index (κ3) is 3.94. The lowest BCUT2D eigenvalue weighted by Crippen LogP contribution is -2.26. The summed E-state index contributed by atoms with van der Waals surface area (Å²) in [5.41, 5.74) is 6.83. The Morgan fingerprint density at radius 3 is 2.81 bits per heavy atom. The number of thioether (sulfide) groups is 1. The van der Waals surface area contributed by atoms with Crippen LogP contribution in [0.25, 0.3) is 0 Å². The molecule has 136 valence electrons. The van der Waals surface area contributed by atoms with E-state index in [2.05, 4.69) is 25.0 Å². The molecule has 0 aliphatic carbocycles. The van der Waals surface area contributed by atoms with E-state index >= 15 is 0 Å². The number of hydrogen-bond donors (Lipinski definition) is 3. The maximum absolute atomic E-state index is 12.7. The third-order valence-corrected chi connectivity index (χ3v) is 5.46. The summed E-state index contributed by atoms with van der Waals surface area (Å²) in [7, 11) is 1.52. The summed E-state index contributed by atoms with van der Waals surface area (Å²) in [5.74, 6) is -0.277. The van der Waals surface area contributed by atoms with Crippen LogP contribution in [0.1, 0.15) is 16.1 Å². The van der Waals surface area contributed by atoms with Gasteiger partial charge in [-0.3, -0.25) is 14.6 Å². The molecule has 2 aromatic heterocycles. The van der Waals surface area contributed by atoms with Crippen molar-refractivity contribution in [1.82, 2.24) is 9.36 Å². The van der Waals surface area contributed by atoms with E-state index < -0.39 is 11.2 Å². The van der Waals surface area contributed by atoms with Crippen molar-refractivity contribution in [1.29, 1.82) is 0 Å². The zero-order valence-electron chi connectivity index (χ0n) is 14.0. The second-order valence-electron chi connectivity index (χ2n) is 5.30. The van der Waals surface area contributed by atoms with Gasteiger partial charge in [0.2, 0.25) is 11.8 Å². The number of anilines is 2. The van der Waals surface area contributed by atoms with E-state index in [9.17, 15) is 9.59 Å². The maximum Gasteiger partial charge on any atom is 0.260 e. The van der Waals surface area contributed by atoms with Gasteiger partial charge in [-0.1, -0.05) is 11.8 Å². The molecule has 26 heavy (non-hydrogen) atoms. The fourth-order valence-electron chi connectivity index (χ4n) is 2.18. The molecule has 3 rings (SSSR count). The minimum atomic E-state index is -0.416. The van der Waals surface area contributed by atoms with Crippen molar-refractivity contribution in [3.8, 4) is 5.88 Å². The number of amides is 2. The molecule has 1 unspecified atom stereocenters. The predicted molar refractivity (Wildman–Crippen MR) is 102 cm³/mol. The molecule has 0 saturated heterocycles. The molecular weight excluding hydrogens is 376 g/mol. The van der Waals surface area contributed by atoms with Gasteiger partial charge in [0.05, 0.1) is 36.8 Å². The number of nitrogens with two attached hydrogens (primary N) is 1. The first-order valence-electron chi connectivity index (χ1n) is 7.53. The van der Waals surface area contributed by atoms with Crippen molar-refractivity contribution >= 4 is 51.0 Å². The molecule has 0 aromatic carbocycles. The van der Waals surface area contributed by atoms with Crippen LogP contribution in [0.5, 0.6) is 5.88 Å². The van der Waals surface area contributed by atoms with Crippen LogP contribution in [0.3, 0.4) is 0 Å². The topological polar surface area (TPSA) is 132 Å². The van der Waals surface area contributed by atoms with Gasteiger partial charge in [-0.2, -0.15) is 4.37 Å². The molecule has 0 saturated carbocycles. The quantitative estimate of drug-likeness (QED) is 0.702. The molecular formula is C15H16N6O3S2. The molecule has 9 nitrogen and oxygen atoms in total. The highest BCUT2D eigenvalue weighted by Crippen LogP contribution is 2.29. The van der Waals surface area contributed by atoms with Gasteiger partial charge in [0.25, 0.3) is 5.91 Å². The Labute approximate surface area is 157 Å². The first kappa shape index (κ1) is 18.1. The number of primary amides is 1. The monoisotopic (exact) mass is 392 g/mol. The summed E-state index contributed by atoms with van der Waals surface area (Å²) >= 11 is 2.39. The van der Waals surface area contributed by atoms with E-state index in [1.165, 1.54) is 25.1 Å². The van der Waals surface area contributed by atoms with E-state index in [0.29, 0.717) is 39.5 Å². The van der Waals surface area contributed by atoms with Crippen LogP contribution in [-0.2, 0) is 4.79 Å². The van der Waals surface area contributed by atoms with Crippen molar-refractivity contribution in [2.45, 2.75) is 12.2 Å². The number of methoxy groups -OCH3 is 1. The number of carbonyl (C=O) groups is 2. The van der Waals surface area contributed by atoms with Crippen LogP contribution in [-0.4, -0.2) is 45.2 Å². The molecule has 0 bridgehead atoms. The summed E-state index contributed by atoms with van der Waals surface area (Å²) in [6.07, 6.45) is 1.51. The molecule has 3 heterocycles. The second-order valence-corrected chi connectivity index (χ2v) is 7.26. The fourth-order valence-corrected chi connectivity index (χ4v) is 3.88. The molecule has 11 heteroatoms. The first-order valence-corrected chi connectivity index (χ1v) is 9.18. The lowest BCUT2D eigenvalue weighted by atomic mass is 10.2. The third-order valence-electron chi connectivity index (χ3n) is 3.49. The Kier molecular flexibility index (Phi) is 5.38. The molecule has 2 aromatic rings. The standard InChI is InChI=1S/C15H16N6O3S2/c1-7-11(13(23)19-8-3-4-10(24-2)17-5-8)14(26-21-7)20-15-18-6-9(25-15)12(16)22/h3-5,9H,6H2,1-2H3,(H2,16,22)(H,18,20)(H,19,23). The van der Waals surface area contributed by atoms with Crippen LogP contribution in [0, 0.1) is 6.92 Å². The summed E-state index contributed by atoms with van der Waals surface area (Å²) in [4.78, 5) is 32.2. The molecule has 0 radical (unpaired) electrons. The second kappa shape index (κ2) is 7.70. The average Bonchev–Trinajstić information content (AvgIpc) is 3.23. The lowest BCUT2D eigenvalue weighted by molar-refractivity contribution is -0.117. The van der Waals surface area contributed by atoms with E-state index in [-0.39, 0.29) is 5.91 Å².